The van der Waals surface area contributed by atoms with Gasteiger partial charge in [-0.1, -0.05) is 36.3 Å². The molecule has 0 aliphatic carbocycles. The summed E-state index contributed by atoms with van der Waals surface area (Å²) in [6, 6.07) is 10.3. The molecule has 0 aliphatic rings. The lowest BCUT2D eigenvalue weighted by atomic mass is 10.0. The Morgan fingerprint density at radius 3 is 2.60 bits per heavy atom. The van der Waals surface area contributed by atoms with Crippen LogP contribution in [0.2, 0.25) is 0 Å². The van der Waals surface area contributed by atoms with Gasteiger partial charge in [0, 0.05) is 12.6 Å². The van der Waals surface area contributed by atoms with Gasteiger partial charge in [-0.3, -0.25) is 4.90 Å². The summed E-state index contributed by atoms with van der Waals surface area (Å²) >= 11 is 0. The Hall–Kier alpha value is -1.30. The van der Waals surface area contributed by atoms with Crippen LogP contribution in [0, 0.1) is 12.3 Å². The lowest BCUT2D eigenvalue weighted by Crippen LogP contribution is -2.25. The maximum atomic E-state index is 9.04. The molecule has 0 saturated carbocycles. The normalized spacial score (nSPS) is 12.4. The third-order valence-electron chi connectivity index (χ3n) is 2.46. The number of benzene rings is 1. The summed E-state index contributed by atoms with van der Waals surface area (Å²) in [5, 5.41) is 9.04. The maximum absolute atomic E-state index is 9.04. The van der Waals surface area contributed by atoms with E-state index in [1.54, 1.807) is 0 Å². The molecule has 0 bridgehead atoms. The molecule has 0 saturated heterocycles. The average molecular weight is 203 g/mol. The first-order valence-corrected chi connectivity index (χ1v) is 5.09. The molecule has 2 nitrogen and oxygen atoms in total. The lowest BCUT2D eigenvalue weighted by Gasteiger charge is -2.26. The van der Waals surface area contributed by atoms with Crippen LogP contribution in [0.15, 0.2) is 30.3 Å². The molecule has 0 amide bonds. The second-order valence-corrected chi connectivity index (χ2v) is 3.56. The third kappa shape index (κ3) is 3.39. The lowest BCUT2D eigenvalue weighted by molar-refractivity contribution is 0.200. The van der Waals surface area contributed by atoms with Gasteiger partial charge < -0.3 is 5.11 Å². The zero-order valence-corrected chi connectivity index (χ0v) is 9.06. The van der Waals surface area contributed by atoms with E-state index in [4.69, 9.17) is 11.5 Å². The molecule has 0 heterocycles. The molecule has 0 aliphatic heterocycles. The van der Waals surface area contributed by atoms with Crippen LogP contribution in [0.3, 0.4) is 0 Å². The average Bonchev–Trinajstić information content (AvgIpc) is 2.27. The van der Waals surface area contributed by atoms with Crippen LogP contribution < -0.4 is 0 Å². The van der Waals surface area contributed by atoms with Crippen molar-refractivity contribution >= 4 is 0 Å². The van der Waals surface area contributed by atoms with Gasteiger partial charge in [-0.15, -0.1) is 6.42 Å². The van der Waals surface area contributed by atoms with E-state index in [0.29, 0.717) is 13.0 Å². The largest absolute Gasteiger partial charge is 0.396 e. The van der Waals surface area contributed by atoms with E-state index in [9.17, 15) is 0 Å². The van der Waals surface area contributed by atoms with Crippen molar-refractivity contribution in [3.8, 4) is 12.3 Å². The molecule has 0 radical (unpaired) electrons. The van der Waals surface area contributed by atoms with Crippen LogP contribution in [-0.4, -0.2) is 30.2 Å². The molecule has 1 N–H and O–H groups in total. The first kappa shape index (κ1) is 11.8. The van der Waals surface area contributed by atoms with Gasteiger partial charge in [-0.25, -0.2) is 0 Å². The van der Waals surface area contributed by atoms with E-state index in [2.05, 4.69) is 23.0 Å². The first-order chi connectivity index (χ1) is 7.29. The Balaban J connectivity index is 2.79. The Morgan fingerprint density at radius 1 is 1.40 bits per heavy atom. The topological polar surface area (TPSA) is 23.5 Å². The van der Waals surface area contributed by atoms with E-state index in [0.717, 1.165) is 0 Å². The smallest absolute Gasteiger partial charge is 0.0601 e. The van der Waals surface area contributed by atoms with E-state index >= 15 is 0 Å². The predicted molar refractivity (Wildman–Crippen MR) is 62.3 cm³/mol. The molecular formula is C13H17NO. The Morgan fingerprint density at radius 2 is 2.07 bits per heavy atom. The second-order valence-electron chi connectivity index (χ2n) is 3.56. The van der Waals surface area contributed by atoms with Gasteiger partial charge in [0.05, 0.1) is 6.54 Å². The molecule has 80 valence electrons. The maximum Gasteiger partial charge on any atom is 0.0601 e. The summed E-state index contributed by atoms with van der Waals surface area (Å²) < 4.78 is 0. The standard InChI is InChI=1S/C13H17NO/c1-3-10-14(2)13(9-11-15)12-7-5-4-6-8-12/h1,4-8,13,15H,9-11H2,2H3/t13-/m1/s1. The minimum atomic E-state index is 0.175. The van der Waals surface area contributed by atoms with Crippen molar-refractivity contribution in [2.75, 3.05) is 20.2 Å². The minimum Gasteiger partial charge on any atom is -0.396 e. The molecule has 1 rings (SSSR count). The van der Waals surface area contributed by atoms with E-state index in [-0.39, 0.29) is 12.6 Å². The predicted octanol–water partition coefficient (Wildman–Crippen LogP) is 1.68. The molecule has 1 aromatic carbocycles. The van der Waals surface area contributed by atoms with Crippen molar-refractivity contribution in [1.29, 1.82) is 0 Å². The van der Waals surface area contributed by atoms with Crippen LogP contribution in [0.25, 0.3) is 0 Å². The van der Waals surface area contributed by atoms with Crippen molar-refractivity contribution in [2.24, 2.45) is 0 Å². The van der Waals surface area contributed by atoms with Crippen LogP contribution in [-0.2, 0) is 0 Å². The van der Waals surface area contributed by atoms with Gasteiger partial charge in [0.2, 0.25) is 0 Å². The van der Waals surface area contributed by atoms with E-state index in [1.807, 2.05) is 25.2 Å². The monoisotopic (exact) mass is 203 g/mol. The summed E-state index contributed by atoms with van der Waals surface area (Å²) in [4.78, 5) is 2.07. The number of hydrogen-bond acceptors (Lipinski definition) is 2. The Kier molecular flexibility index (Phi) is 4.89. The number of aliphatic hydroxyl groups excluding tert-OH is 1. The van der Waals surface area contributed by atoms with Crippen LogP contribution >= 0.6 is 0 Å². The quantitative estimate of drug-likeness (QED) is 0.736. The first-order valence-electron chi connectivity index (χ1n) is 5.09. The van der Waals surface area contributed by atoms with Gasteiger partial charge in [0.25, 0.3) is 0 Å². The fourth-order valence-electron chi connectivity index (χ4n) is 1.69. The Bertz CT molecular complexity index is 315. The SMILES string of the molecule is C#CCN(C)[C@H](CCO)c1ccccc1. The van der Waals surface area contributed by atoms with Crippen molar-refractivity contribution in [2.45, 2.75) is 12.5 Å². The number of rotatable bonds is 5. The van der Waals surface area contributed by atoms with Gasteiger partial charge >= 0.3 is 0 Å². The minimum absolute atomic E-state index is 0.175. The van der Waals surface area contributed by atoms with Crippen molar-refractivity contribution in [3.63, 3.8) is 0 Å². The van der Waals surface area contributed by atoms with Crippen LogP contribution in [0.1, 0.15) is 18.0 Å². The Labute approximate surface area is 91.5 Å². The number of nitrogens with zero attached hydrogens (tertiary/aromatic N) is 1. The van der Waals surface area contributed by atoms with E-state index < -0.39 is 0 Å². The number of aliphatic hydroxyl groups is 1. The third-order valence-corrected chi connectivity index (χ3v) is 2.46. The summed E-state index contributed by atoms with van der Waals surface area (Å²) in [6.07, 6.45) is 6.00. The van der Waals surface area contributed by atoms with Gasteiger partial charge in [0.1, 0.15) is 0 Å². The highest BCUT2D eigenvalue weighted by Gasteiger charge is 2.14. The zero-order valence-electron chi connectivity index (χ0n) is 9.06. The fraction of sp³-hybridized carbons (Fsp3) is 0.385. The molecule has 0 fully saturated rings. The molecule has 0 unspecified atom stereocenters. The highest BCUT2D eigenvalue weighted by molar-refractivity contribution is 5.19. The summed E-state index contributed by atoms with van der Waals surface area (Å²) in [7, 11) is 1.98. The second kappa shape index (κ2) is 6.23. The van der Waals surface area contributed by atoms with E-state index in [1.165, 1.54) is 5.56 Å². The molecule has 1 aromatic rings. The fourth-order valence-corrected chi connectivity index (χ4v) is 1.69. The van der Waals surface area contributed by atoms with Crippen LogP contribution in [0.4, 0.5) is 0 Å². The molecular weight excluding hydrogens is 186 g/mol. The van der Waals surface area contributed by atoms with Gasteiger partial charge in [-0.05, 0) is 19.0 Å². The van der Waals surface area contributed by atoms with Crippen molar-refractivity contribution in [1.82, 2.24) is 4.90 Å². The summed E-state index contributed by atoms with van der Waals surface area (Å²) in [5.41, 5.74) is 1.20. The summed E-state index contributed by atoms with van der Waals surface area (Å²) in [6.45, 7) is 0.772. The highest BCUT2D eigenvalue weighted by atomic mass is 16.3. The summed E-state index contributed by atoms with van der Waals surface area (Å²) in [5.74, 6) is 2.62. The molecule has 1 atom stereocenters. The van der Waals surface area contributed by atoms with Crippen molar-refractivity contribution in [3.05, 3.63) is 35.9 Å². The number of hydrogen-bond donors (Lipinski definition) is 1. The van der Waals surface area contributed by atoms with Gasteiger partial charge in [-0.2, -0.15) is 0 Å². The van der Waals surface area contributed by atoms with Gasteiger partial charge in [0.15, 0.2) is 0 Å². The highest BCUT2D eigenvalue weighted by Crippen LogP contribution is 2.21. The molecule has 2 heteroatoms. The molecule has 15 heavy (non-hydrogen) atoms. The zero-order chi connectivity index (χ0) is 11.1. The molecule has 0 spiro atoms. The van der Waals surface area contributed by atoms with Crippen molar-refractivity contribution < 1.29 is 5.11 Å². The van der Waals surface area contributed by atoms with Crippen LogP contribution in [0.5, 0.6) is 0 Å². The molecule has 0 aromatic heterocycles. The number of terminal acetylenes is 1.